The SMILES string of the molecule is CC(C)(CCN)CCC(=O)N[C@@H](CCC(N)=O)C(=O)O. The third kappa shape index (κ3) is 8.47. The van der Waals surface area contributed by atoms with Gasteiger partial charge in [0.25, 0.3) is 0 Å². The van der Waals surface area contributed by atoms with E-state index in [-0.39, 0.29) is 30.6 Å². The highest BCUT2D eigenvalue weighted by Gasteiger charge is 2.22. The van der Waals surface area contributed by atoms with Gasteiger partial charge in [-0.1, -0.05) is 13.8 Å². The van der Waals surface area contributed by atoms with Crippen LogP contribution in [-0.2, 0) is 14.4 Å². The molecule has 0 saturated heterocycles. The molecule has 0 saturated carbocycles. The van der Waals surface area contributed by atoms with Crippen molar-refractivity contribution in [2.75, 3.05) is 6.54 Å². The molecule has 2 amide bonds. The lowest BCUT2D eigenvalue weighted by Gasteiger charge is -2.23. The van der Waals surface area contributed by atoms with Crippen LogP contribution >= 0.6 is 0 Å². The van der Waals surface area contributed by atoms with E-state index in [0.717, 1.165) is 6.42 Å². The van der Waals surface area contributed by atoms with E-state index in [1.54, 1.807) is 0 Å². The average Bonchev–Trinajstić information content (AvgIpc) is 2.31. The lowest BCUT2D eigenvalue weighted by molar-refractivity contribution is -0.142. The number of carbonyl (C=O) groups is 3. The molecule has 1 atom stereocenters. The van der Waals surface area contributed by atoms with Crippen molar-refractivity contribution in [3.05, 3.63) is 0 Å². The van der Waals surface area contributed by atoms with E-state index in [1.807, 2.05) is 13.8 Å². The standard InChI is InChI=1S/C13H25N3O4/c1-13(2,7-8-14)6-5-11(18)16-9(12(19)20)3-4-10(15)17/h9H,3-8,14H2,1-2H3,(H2,15,17)(H,16,18)(H,19,20)/t9-/m0/s1. The summed E-state index contributed by atoms with van der Waals surface area (Å²) in [5, 5.41) is 11.4. The Kier molecular flexibility index (Phi) is 7.83. The van der Waals surface area contributed by atoms with Crippen LogP contribution in [0.2, 0.25) is 0 Å². The maximum atomic E-state index is 11.7. The lowest BCUT2D eigenvalue weighted by Crippen LogP contribution is -2.41. The molecule has 0 spiro atoms. The molecule has 6 N–H and O–H groups in total. The molecule has 0 aromatic carbocycles. The van der Waals surface area contributed by atoms with E-state index in [0.29, 0.717) is 13.0 Å². The van der Waals surface area contributed by atoms with E-state index in [1.165, 1.54) is 0 Å². The van der Waals surface area contributed by atoms with Crippen LogP contribution in [0.1, 0.15) is 46.0 Å². The molecule has 0 aromatic rings. The van der Waals surface area contributed by atoms with Crippen molar-refractivity contribution in [3.63, 3.8) is 0 Å². The molecule has 0 fully saturated rings. The van der Waals surface area contributed by atoms with E-state index in [4.69, 9.17) is 16.6 Å². The summed E-state index contributed by atoms with van der Waals surface area (Å²) in [5.74, 6) is -2.10. The van der Waals surface area contributed by atoms with E-state index < -0.39 is 17.9 Å². The van der Waals surface area contributed by atoms with Gasteiger partial charge in [-0.3, -0.25) is 9.59 Å². The summed E-state index contributed by atoms with van der Waals surface area (Å²) in [6.07, 6.45) is 1.58. The van der Waals surface area contributed by atoms with Gasteiger partial charge in [0.2, 0.25) is 11.8 Å². The van der Waals surface area contributed by atoms with Gasteiger partial charge in [0.1, 0.15) is 6.04 Å². The molecule has 0 aromatic heterocycles. The molecule has 7 nitrogen and oxygen atoms in total. The largest absolute Gasteiger partial charge is 0.480 e. The number of rotatable bonds is 10. The van der Waals surface area contributed by atoms with Crippen molar-refractivity contribution in [2.45, 2.75) is 52.0 Å². The molecule has 0 aliphatic rings. The number of nitrogens with two attached hydrogens (primary N) is 2. The van der Waals surface area contributed by atoms with Gasteiger partial charge < -0.3 is 21.9 Å². The normalized spacial score (nSPS) is 12.8. The Morgan fingerprint density at radius 3 is 2.25 bits per heavy atom. The van der Waals surface area contributed by atoms with Crippen LogP contribution in [0.3, 0.4) is 0 Å². The Bertz CT molecular complexity index is 356. The van der Waals surface area contributed by atoms with Gasteiger partial charge in [0.05, 0.1) is 0 Å². The monoisotopic (exact) mass is 287 g/mol. The zero-order valence-electron chi connectivity index (χ0n) is 12.1. The molecule has 0 aliphatic carbocycles. The van der Waals surface area contributed by atoms with Crippen molar-refractivity contribution in [1.29, 1.82) is 0 Å². The Balaban J connectivity index is 4.26. The van der Waals surface area contributed by atoms with Crippen LogP contribution < -0.4 is 16.8 Å². The predicted octanol–water partition coefficient (Wildman–Crippen LogP) is -0.0235. The van der Waals surface area contributed by atoms with Gasteiger partial charge in [0.15, 0.2) is 0 Å². The van der Waals surface area contributed by atoms with Gasteiger partial charge in [0, 0.05) is 12.8 Å². The summed E-state index contributed by atoms with van der Waals surface area (Å²) in [6.45, 7) is 4.56. The first-order valence-corrected chi connectivity index (χ1v) is 6.68. The fourth-order valence-electron chi connectivity index (χ4n) is 1.78. The number of nitrogens with one attached hydrogen (secondary N) is 1. The summed E-state index contributed by atoms with van der Waals surface area (Å²) >= 11 is 0. The number of primary amides is 1. The molecular weight excluding hydrogens is 262 g/mol. The number of amides is 2. The summed E-state index contributed by atoms with van der Waals surface area (Å²) in [4.78, 5) is 33.3. The van der Waals surface area contributed by atoms with E-state index in [9.17, 15) is 14.4 Å². The van der Waals surface area contributed by atoms with Gasteiger partial charge in [-0.25, -0.2) is 4.79 Å². The molecule has 0 radical (unpaired) electrons. The first-order chi connectivity index (χ1) is 9.18. The number of carbonyl (C=O) groups excluding carboxylic acids is 2. The average molecular weight is 287 g/mol. The van der Waals surface area contributed by atoms with E-state index >= 15 is 0 Å². The highest BCUT2D eigenvalue weighted by atomic mass is 16.4. The summed E-state index contributed by atoms with van der Waals surface area (Å²) in [5.41, 5.74) is 10.4. The minimum absolute atomic E-state index is 0.00258. The summed E-state index contributed by atoms with van der Waals surface area (Å²) < 4.78 is 0. The zero-order chi connectivity index (χ0) is 15.8. The summed E-state index contributed by atoms with van der Waals surface area (Å²) in [6, 6.07) is -1.08. The van der Waals surface area contributed by atoms with Crippen LogP contribution in [0.5, 0.6) is 0 Å². The molecule has 20 heavy (non-hydrogen) atoms. The molecule has 7 heteroatoms. The number of carboxylic acids is 1. The highest BCUT2D eigenvalue weighted by molar-refractivity contribution is 5.84. The Hall–Kier alpha value is -1.63. The Morgan fingerprint density at radius 2 is 1.80 bits per heavy atom. The number of hydrogen-bond acceptors (Lipinski definition) is 4. The minimum atomic E-state index is -1.17. The molecular formula is C13H25N3O4. The quantitative estimate of drug-likeness (QED) is 0.447. The van der Waals surface area contributed by atoms with Gasteiger partial charge >= 0.3 is 5.97 Å². The second kappa shape index (κ2) is 8.52. The first kappa shape index (κ1) is 18.4. The molecule has 0 unspecified atom stereocenters. The van der Waals surface area contributed by atoms with Crippen molar-refractivity contribution >= 4 is 17.8 Å². The highest BCUT2D eigenvalue weighted by Crippen LogP contribution is 2.25. The van der Waals surface area contributed by atoms with Crippen molar-refractivity contribution in [1.82, 2.24) is 5.32 Å². The van der Waals surface area contributed by atoms with Gasteiger partial charge in [-0.15, -0.1) is 0 Å². The maximum absolute atomic E-state index is 11.7. The first-order valence-electron chi connectivity index (χ1n) is 6.68. The van der Waals surface area contributed by atoms with Crippen LogP contribution in [0.4, 0.5) is 0 Å². The zero-order valence-corrected chi connectivity index (χ0v) is 12.1. The Labute approximate surface area is 119 Å². The van der Waals surface area contributed by atoms with Crippen LogP contribution in [-0.4, -0.2) is 35.5 Å². The van der Waals surface area contributed by atoms with Crippen molar-refractivity contribution < 1.29 is 19.5 Å². The van der Waals surface area contributed by atoms with E-state index in [2.05, 4.69) is 5.32 Å². The third-order valence-electron chi connectivity index (χ3n) is 3.16. The summed E-state index contributed by atoms with van der Waals surface area (Å²) in [7, 11) is 0. The fourth-order valence-corrected chi connectivity index (χ4v) is 1.78. The topological polar surface area (TPSA) is 136 Å². The Morgan fingerprint density at radius 1 is 1.20 bits per heavy atom. The lowest BCUT2D eigenvalue weighted by atomic mass is 9.84. The smallest absolute Gasteiger partial charge is 0.326 e. The van der Waals surface area contributed by atoms with Crippen LogP contribution in [0.15, 0.2) is 0 Å². The number of hydrogen-bond donors (Lipinski definition) is 4. The molecule has 116 valence electrons. The number of aliphatic carboxylic acids is 1. The van der Waals surface area contributed by atoms with Crippen LogP contribution in [0, 0.1) is 5.41 Å². The maximum Gasteiger partial charge on any atom is 0.326 e. The second-order valence-corrected chi connectivity index (χ2v) is 5.67. The van der Waals surface area contributed by atoms with Crippen molar-refractivity contribution in [3.8, 4) is 0 Å². The van der Waals surface area contributed by atoms with Gasteiger partial charge in [-0.2, -0.15) is 0 Å². The molecule has 0 aliphatic heterocycles. The predicted molar refractivity (Wildman–Crippen MR) is 74.7 cm³/mol. The van der Waals surface area contributed by atoms with Gasteiger partial charge in [-0.05, 0) is 31.2 Å². The second-order valence-electron chi connectivity index (χ2n) is 5.67. The number of carboxylic acid groups (broad SMARTS) is 1. The minimum Gasteiger partial charge on any atom is -0.480 e. The molecule has 0 heterocycles. The van der Waals surface area contributed by atoms with Crippen molar-refractivity contribution in [2.24, 2.45) is 16.9 Å². The van der Waals surface area contributed by atoms with Crippen LogP contribution in [0.25, 0.3) is 0 Å². The third-order valence-corrected chi connectivity index (χ3v) is 3.16. The fraction of sp³-hybridized carbons (Fsp3) is 0.769. The molecule has 0 rings (SSSR count). The molecule has 0 bridgehead atoms.